The maximum Gasteiger partial charge on any atom is 0.161 e. The molecule has 0 aromatic heterocycles. The molecule has 2 aliphatic rings. The molecule has 1 aliphatic heterocycles. The minimum Gasteiger partial charge on any atom is -0.507 e. The second-order valence-corrected chi connectivity index (χ2v) is 9.91. The fourth-order valence-corrected chi connectivity index (χ4v) is 5.52. The first-order chi connectivity index (χ1) is 18.3. The number of carbonyl (C=O) groups excluding carboxylic acids is 1. The highest BCUT2D eigenvalue weighted by Gasteiger charge is 2.44. The predicted molar refractivity (Wildman–Crippen MR) is 151 cm³/mol. The number of nitrogens with zero attached hydrogens (tertiary/aromatic N) is 1. The fraction of sp³-hybridized carbons (Fsp3) is 0.226. The van der Waals surface area contributed by atoms with E-state index in [1.165, 1.54) is 0 Å². The molecule has 1 aliphatic carbocycles. The van der Waals surface area contributed by atoms with Gasteiger partial charge in [-0.2, -0.15) is 0 Å². The molecule has 2 N–H and O–H groups in total. The molecule has 0 saturated carbocycles. The summed E-state index contributed by atoms with van der Waals surface area (Å²) in [6.07, 6.45) is 1.67. The van der Waals surface area contributed by atoms with Gasteiger partial charge >= 0.3 is 0 Å². The van der Waals surface area contributed by atoms with Crippen LogP contribution < -0.4 is 14.4 Å². The molecule has 0 amide bonds. The molecule has 0 saturated heterocycles. The number of rotatable bonds is 5. The van der Waals surface area contributed by atoms with E-state index in [9.17, 15) is 15.3 Å². The van der Waals surface area contributed by atoms with Crippen LogP contribution in [0.4, 0.5) is 5.69 Å². The molecule has 1 heterocycles. The Bertz CT molecular complexity index is 1490. The second-order valence-electron chi connectivity index (χ2n) is 9.47. The van der Waals surface area contributed by atoms with Crippen LogP contribution in [0.5, 0.6) is 11.5 Å². The topological polar surface area (TPSA) is 82.9 Å². The number of carbonyl (C=O) groups is 1. The van der Waals surface area contributed by atoms with Gasteiger partial charge in [-0.3, -0.25) is 15.1 Å². The number of aryl methyl sites for hydroxylation is 1. The zero-order chi connectivity index (χ0) is 27.0. The lowest BCUT2D eigenvalue weighted by atomic mass is 9.73. The summed E-state index contributed by atoms with van der Waals surface area (Å²) in [5.41, 5.74) is 4.52. The van der Waals surface area contributed by atoms with Gasteiger partial charge in [-0.15, -0.1) is 0 Å². The Morgan fingerprint density at radius 2 is 1.79 bits per heavy atom. The molecule has 7 heteroatoms. The molecule has 0 fully saturated rings. The molecular weight excluding hydrogens is 500 g/mol. The highest BCUT2D eigenvalue weighted by molar-refractivity contribution is 6.31. The van der Waals surface area contributed by atoms with Crippen LogP contribution in [-0.2, 0) is 4.79 Å². The smallest absolute Gasteiger partial charge is 0.161 e. The number of allylic oxidation sites excluding steroid dienone is 2. The van der Waals surface area contributed by atoms with Crippen LogP contribution in [0.2, 0.25) is 5.02 Å². The molecule has 3 aromatic carbocycles. The third kappa shape index (κ3) is 4.45. The van der Waals surface area contributed by atoms with Gasteiger partial charge in [-0.05, 0) is 56.2 Å². The quantitative estimate of drug-likeness (QED) is 0.341. The molecule has 5 rings (SSSR count). The number of hydrogen-bond acceptors (Lipinski definition) is 5. The Balaban J connectivity index is 1.87. The molecule has 3 aromatic rings. The van der Waals surface area contributed by atoms with E-state index in [1.807, 2.05) is 49.4 Å². The van der Waals surface area contributed by atoms with Crippen molar-refractivity contribution in [1.29, 1.82) is 5.41 Å². The number of Topliss-reactive ketones (excluding diaryl/α,β-unsaturated/α-hetero) is 1. The van der Waals surface area contributed by atoms with Crippen LogP contribution >= 0.6 is 11.6 Å². The van der Waals surface area contributed by atoms with E-state index in [1.54, 1.807) is 43.4 Å². The van der Waals surface area contributed by atoms with Crippen LogP contribution in [0.1, 0.15) is 41.9 Å². The third-order valence-corrected chi connectivity index (χ3v) is 7.38. The van der Waals surface area contributed by atoms with E-state index >= 15 is 0 Å². The van der Waals surface area contributed by atoms with E-state index in [-0.39, 0.29) is 17.4 Å². The van der Waals surface area contributed by atoms with Crippen molar-refractivity contribution in [3.63, 3.8) is 0 Å². The normalized spacial score (nSPS) is 18.8. The number of aliphatic hydroxyl groups excluding tert-OH is 1. The van der Waals surface area contributed by atoms with Crippen LogP contribution in [0.15, 0.2) is 83.6 Å². The summed E-state index contributed by atoms with van der Waals surface area (Å²) in [6.45, 7) is 1.97. The van der Waals surface area contributed by atoms with Gasteiger partial charge in [0.05, 0.1) is 20.1 Å². The Labute approximate surface area is 227 Å². The minimum atomic E-state index is -0.730. The lowest BCUT2D eigenvalue weighted by molar-refractivity contribution is -0.116. The zero-order valence-electron chi connectivity index (χ0n) is 21.5. The van der Waals surface area contributed by atoms with Gasteiger partial charge in [0.2, 0.25) is 0 Å². The van der Waals surface area contributed by atoms with E-state index in [0.717, 1.165) is 11.3 Å². The number of halogens is 1. The number of anilines is 1. The molecule has 0 bridgehead atoms. The van der Waals surface area contributed by atoms with Crippen molar-refractivity contribution < 1.29 is 19.4 Å². The Kier molecular flexibility index (Phi) is 7.00. The van der Waals surface area contributed by atoms with E-state index in [4.69, 9.17) is 21.1 Å². The SMILES string of the molecule is COc1ccc(OC)c(C2C3=C(CCCC3=O)N(c3cccc(Cl)c3)C(=N)/C2=C(/O)c2ccc(C)cc2)c1. The highest BCUT2D eigenvalue weighted by Crippen LogP contribution is 2.50. The summed E-state index contributed by atoms with van der Waals surface area (Å²) in [5, 5.41) is 21.8. The van der Waals surface area contributed by atoms with Crippen molar-refractivity contribution >= 4 is 34.7 Å². The first-order valence-corrected chi connectivity index (χ1v) is 12.8. The number of benzene rings is 3. The Morgan fingerprint density at radius 1 is 1.03 bits per heavy atom. The zero-order valence-corrected chi connectivity index (χ0v) is 22.3. The van der Waals surface area contributed by atoms with Crippen molar-refractivity contribution in [2.75, 3.05) is 19.1 Å². The highest BCUT2D eigenvalue weighted by atomic mass is 35.5. The molecule has 6 nitrogen and oxygen atoms in total. The van der Waals surface area contributed by atoms with Crippen molar-refractivity contribution in [2.24, 2.45) is 0 Å². The lowest BCUT2D eigenvalue weighted by Crippen LogP contribution is -2.42. The van der Waals surface area contributed by atoms with Gasteiger partial charge in [-0.25, -0.2) is 0 Å². The average molecular weight is 529 g/mol. The summed E-state index contributed by atoms with van der Waals surface area (Å²) in [4.78, 5) is 15.5. The lowest BCUT2D eigenvalue weighted by Gasteiger charge is -2.42. The summed E-state index contributed by atoms with van der Waals surface area (Å²) in [5.74, 6) is 0.390. The molecule has 1 atom stereocenters. The number of ketones is 1. The molecule has 1 unspecified atom stereocenters. The fourth-order valence-electron chi connectivity index (χ4n) is 5.33. The maximum absolute atomic E-state index is 13.7. The number of hydrogen-bond donors (Lipinski definition) is 2. The minimum absolute atomic E-state index is 0.0187. The van der Waals surface area contributed by atoms with Crippen molar-refractivity contribution in [3.8, 4) is 11.5 Å². The number of aliphatic hydroxyl groups is 1. The molecule has 38 heavy (non-hydrogen) atoms. The van der Waals surface area contributed by atoms with Crippen LogP contribution in [0, 0.1) is 12.3 Å². The summed E-state index contributed by atoms with van der Waals surface area (Å²) in [7, 11) is 3.14. The van der Waals surface area contributed by atoms with Crippen molar-refractivity contribution in [3.05, 3.63) is 105 Å². The van der Waals surface area contributed by atoms with Crippen LogP contribution in [0.25, 0.3) is 5.76 Å². The third-order valence-electron chi connectivity index (χ3n) is 7.15. The maximum atomic E-state index is 13.7. The Morgan fingerprint density at radius 3 is 2.47 bits per heavy atom. The van der Waals surface area contributed by atoms with Gasteiger partial charge in [0.15, 0.2) is 5.78 Å². The second kappa shape index (κ2) is 10.4. The van der Waals surface area contributed by atoms with Gasteiger partial charge < -0.3 is 14.6 Å². The molecule has 0 spiro atoms. The first kappa shape index (κ1) is 25.6. The van der Waals surface area contributed by atoms with Gasteiger partial charge in [-0.1, -0.05) is 47.5 Å². The van der Waals surface area contributed by atoms with Crippen LogP contribution in [-0.4, -0.2) is 30.9 Å². The van der Waals surface area contributed by atoms with E-state index < -0.39 is 5.92 Å². The number of nitrogens with one attached hydrogen (secondary N) is 1. The Hall–Kier alpha value is -4.03. The average Bonchev–Trinajstić information content (AvgIpc) is 2.92. The van der Waals surface area contributed by atoms with Crippen LogP contribution in [0.3, 0.4) is 0 Å². The van der Waals surface area contributed by atoms with Crippen molar-refractivity contribution in [2.45, 2.75) is 32.1 Å². The number of amidine groups is 1. The van der Waals surface area contributed by atoms with Gasteiger partial charge in [0, 0.05) is 45.1 Å². The van der Waals surface area contributed by atoms with Gasteiger partial charge in [0.1, 0.15) is 23.1 Å². The van der Waals surface area contributed by atoms with E-state index in [2.05, 4.69) is 0 Å². The largest absolute Gasteiger partial charge is 0.507 e. The first-order valence-electron chi connectivity index (χ1n) is 12.5. The van der Waals surface area contributed by atoms with Gasteiger partial charge in [0.25, 0.3) is 0 Å². The monoisotopic (exact) mass is 528 g/mol. The van der Waals surface area contributed by atoms with E-state index in [0.29, 0.717) is 63.7 Å². The molecule has 194 valence electrons. The number of methoxy groups -OCH3 is 2. The summed E-state index contributed by atoms with van der Waals surface area (Å²) >= 11 is 6.35. The van der Waals surface area contributed by atoms with Crippen molar-refractivity contribution in [1.82, 2.24) is 0 Å². The molecule has 0 radical (unpaired) electrons. The summed E-state index contributed by atoms with van der Waals surface area (Å²) in [6, 6.07) is 20.1. The number of ether oxygens (including phenoxy) is 2. The standard InChI is InChI=1S/C31H29ClN2O4/c1-18-10-12-19(13-11-18)30(36)29-27(23-17-22(37-2)14-15-26(23)38-3)28-24(8-5-9-25(28)35)34(31(29)33)21-7-4-6-20(32)16-21/h4,6-7,10-17,27,33,36H,5,8-9H2,1-3H3/b30-29+,33-31?. The summed E-state index contributed by atoms with van der Waals surface area (Å²) < 4.78 is 11.2. The predicted octanol–water partition coefficient (Wildman–Crippen LogP) is 7.22. The molecular formula is C31H29ClN2O4.